The lowest BCUT2D eigenvalue weighted by atomic mass is 10.1. The van der Waals surface area contributed by atoms with Crippen LogP contribution in [0.2, 0.25) is 5.02 Å². The number of hydrogen-bond acceptors (Lipinski definition) is 1. The third-order valence-electron chi connectivity index (χ3n) is 1.74. The monoisotopic (exact) mass is 243 g/mol. The number of benzene rings is 1. The average Bonchev–Trinajstić information content (AvgIpc) is 2.01. The number of nitriles is 1. The quantitative estimate of drug-likeness (QED) is 0.684. The highest BCUT2D eigenvalue weighted by molar-refractivity contribution is 9.10. The van der Waals surface area contributed by atoms with Gasteiger partial charge in [0, 0.05) is 4.47 Å². The Hall–Kier alpha value is -0.520. The predicted octanol–water partition coefficient (Wildman–Crippen LogP) is 3.59. The van der Waals surface area contributed by atoms with E-state index in [1.165, 1.54) is 0 Å². The van der Waals surface area contributed by atoms with Crippen molar-refractivity contribution in [2.45, 2.75) is 13.8 Å². The van der Waals surface area contributed by atoms with Crippen molar-refractivity contribution in [3.8, 4) is 6.07 Å². The number of hydrogen-bond donors (Lipinski definition) is 0. The van der Waals surface area contributed by atoms with E-state index in [9.17, 15) is 0 Å². The molecule has 1 rings (SSSR count). The molecule has 0 amide bonds. The van der Waals surface area contributed by atoms with Crippen molar-refractivity contribution < 1.29 is 0 Å². The Bertz CT molecular complexity index is 366. The van der Waals surface area contributed by atoms with E-state index >= 15 is 0 Å². The van der Waals surface area contributed by atoms with E-state index in [0.717, 1.165) is 15.6 Å². The Morgan fingerprint density at radius 3 is 2.58 bits per heavy atom. The van der Waals surface area contributed by atoms with E-state index in [1.54, 1.807) is 6.07 Å². The standard InChI is InChI=1S/C9H7BrClN/c1-5-3-8(11)7(4-12)6(2)9(5)10/h3H,1-2H3. The van der Waals surface area contributed by atoms with Gasteiger partial charge in [-0.3, -0.25) is 0 Å². The van der Waals surface area contributed by atoms with Gasteiger partial charge in [-0.05, 0) is 31.0 Å². The van der Waals surface area contributed by atoms with Crippen LogP contribution in [-0.2, 0) is 0 Å². The van der Waals surface area contributed by atoms with Crippen molar-refractivity contribution in [2.24, 2.45) is 0 Å². The molecule has 1 aromatic carbocycles. The molecular weight excluding hydrogens is 237 g/mol. The summed E-state index contributed by atoms with van der Waals surface area (Å²) in [6, 6.07) is 3.86. The third-order valence-corrected chi connectivity index (χ3v) is 3.26. The first kappa shape index (κ1) is 9.57. The molecule has 62 valence electrons. The average molecular weight is 245 g/mol. The van der Waals surface area contributed by atoms with Gasteiger partial charge in [-0.2, -0.15) is 5.26 Å². The zero-order chi connectivity index (χ0) is 9.30. The van der Waals surface area contributed by atoms with Crippen LogP contribution in [-0.4, -0.2) is 0 Å². The van der Waals surface area contributed by atoms with Crippen molar-refractivity contribution >= 4 is 27.5 Å². The molecule has 0 aromatic heterocycles. The summed E-state index contributed by atoms with van der Waals surface area (Å²) in [5.74, 6) is 0. The summed E-state index contributed by atoms with van der Waals surface area (Å²) >= 11 is 9.26. The second-order valence-electron chi connectivity index (χ2n) is 2.60. The summed E-state index contributed by atoms with van der Waals surface area (Å²) in [5.41, 5.74) is 2.51. The Morgan fingerprint density at radius 1 is 1.50 bits per heavy atom. The van der Waals surface area contributed by atoms with Crippen LogP contribution in [0.5, 0.6) is 0 Å². The minimum absolute atomic E-state index is 0.524. The van der Waals surface area contributed by atoms with Crippen LogP contribution in [0, 0.1) is 25.2 Å². The maximum atomic E-state index is 8.76. The van der Waals surface area contributed by atoms with Gasteiger partial charge in [0.25, 0.3) is 0 Å². The van der Waals surface area contributed by atoms with E-state index in [2.05, 4.69) is 22.0 Å². The van der Waals surface area contributed by atoms with E-state index in [-0.39, 0.29) is 0 Å². The maximum absolute atomic E-state index is 8.76. The molecule has 0 atom stereocenters. The smallest absolute Gasteiger partial charge is 0.101 e. The lowest BCUT2D eigenvalue weighted by Gasteiger charge is -2.05. The molecule has 0 saturated carbocycles. The van der Waals surface area contributed by atoms with E-state index in [0.29, 0.717) is 10.6 Å². The van der Waals surface area contributed by atoms with Crippen molar-refractivity contribution in [1.29, 1.82) is 5.26 Å². The zero-order valence-corrected chi connectivity index (χ0v) is 9.12. The molecule has 0 radical (unpaired) electrons. The summed E-state index contributed by atoms with van der Waals surface area (Å²) in [4.78, 5) is 0. The number of aryl methyl sites for hydroxylation is 1. The van der Waals surface area contributed by atoms with Gasteiger partial charge in [0.15, 0.2) is 0 Å². The van der Waals surface area contributed by atoms with Gasteiger partial charge in [0.2, 0.25) is 0 Å². The number of halogens is 2. The second kappa shape index (κ2) is 3.47. The lowest BCUT2D eigenvalue weighted by molar-refractivity contribution is 1.31. The van der Waals surface area contributed by atoms with E-state index in [1.807, 2.05) is 13.8 Å². The van der Waals surface area contributed by atoms with Crippen molar-refractivity contribution in [2.75, 3.05) is 0 Å². The fraction of sp³-hybridized carbons (Fsp3) is 0.222. The molecule has 0 spiro atoms. The Balaban J connectivity index is 3.54. The minimum atomic E-state index is 0.524. The molecule has 0 fully saturated rings. The highest BCUT2D eigenvalue weighted by Crippen LogP contribution is 2.29. The summed E-state index contributed by atoms with van der Waals surface area (Å²) in [5, 5.41) is 9.28. The first-order valence-corrected chi connectivity index (χ1v) is 4.60. The fourth-order valence-corrected chi connectivity index (χ4v) is 1.71. The maximum Gasteiger partial charge on any atom is 0.101 e. The molecule has 12 heavy (non-hydrogen) atoms. The van der Waals surface area contributed by atoms with E-state index < -0.39 is 0 Å². The second-order valence-corrected chi connectivity index (χ2v) is 3.80. The molecule has 0 saturated heterocycles. The molecule has 0 aliphatic heterocycles. The van der Waals surface area contributed by atoms with Crippen LogP contribution >= 0.6 is 27.5 Å². The Morgan fingerprint density at radius 2 is 2.08 bits per heavy atom. The van der Waals surface area contributed by atoms with E-state index in [4.69, 9.17) is 16.9 Å². The molecular formula is C9H7BrClN. The van der Waals surface area contributed by atoms with Crippen LogP contribution < -0.4 is 0 Å². The van der Waals surface area contributed by atoms with Crippen LogP contribution in [0.1, 0.15) is 16.7 Å². The summed E-state index contributed by atoms with van der Waals surface area (Å²) < 4.78 is 0.962. The highest BCUT2D eigenvalue weighted by Gasteiger charge is 2.08. The third kappa shape index (κ3) is 1.48. The number of nitrogens with zero attached hydrogens (tertiary/aromatic N) is 1. The first-order valence-electron chi connectivity index (χ1n) is 3.43. The van der Waals surface area contributed by atoms with Crippen molar-refractivity contribution in [3.63, 3.8) is 0 Å². The van der Waals surface area contributed by atoms with Crippen LogP contribution in [0.3, 0.4) is 0 Å². The van der Waals surface area contributed by atoms with Crippen LogP contribution in [0.15, 0.2) is 10.5 Å². The molecule has 0 aliphatic carbocycles. The molecule has 0 heterocycles. The Labute approximate surface area is 85.1 Å². The molecule has 0 unspecified atom stereocenters. The largest absolute Gasteiger partial charge is 0.192 e. The van der Waals surface area contributed by atoms with Crippen molar-refractivity contribution in [1.82, 2.24) is 0 Å². The van der Waals surface area contributed by atoms with Gasteiger partial charge in [-0.25, -0.2) is 0 Å². The SMILES string of the molecule is Cc1cc(Cl)c(C#N)c(C)c1Br. The van der Waals surface area contributed by atoms with Crippen molar-refractivity contribution in [3.05, 3.63) is 32.3 Å². The van der Waals surface area contributed by atoms with Crippen LogP contribution in [0.25, 0.3) is 0 Å². The molecule has 0 aliphatic rings. The minimum Gasteiger partial charge on any atom is -0.192 e. The van der Waals surface area contributed by atoms with Gasteiger partial charge in [0.05, 0.1) is 10.6 Å². The summed E-state index contributed by atoms with van der Waals surface area (Å²) in [6.07, 6.45) is 0. The normalized spacial score (nSPS) is 9.58. The summed E-state index contributed by atoms with van der Waals surface area (Å²) in [6.45, 7) is 3.83. The molecule has 1 aromatic rings. The molecule has 0 bridgehead atoms. The predicted molar refractivity (Wildman–Crippen MR) is 53.3 cm³/mol. The highest BCUT2D eigenvalue weighted by atomic mass is 79.9. The molecule has 0 N–H and O–H groups in total. The van der Waals surface area contributed by atoms with Gasteiger partial charge in [-0.15, -0.1) is 0 Å². The van der Waals surface area contributed by atoms with Gasteiger partial charge in [-0.1, -0.05) is 27.5 Å². The molecule has 3 heteroatoms. The topological polar surface area (TPSA) is 23.8 Å². The summed E-state index contributed by atoms with van der Waals surface area (Å²) in [7, 11) is 0. The molecule has 1 nitrogen and oxygen atoms in total. The fourth-order valence-electron chi connectivity index (χ4n) is 1.05. The van der Waals surface area contributed by atoms with Gasteiger partial charge in [0.1, 0.15) is 6.07 Å². The first-order chi connectivity index (χ1) is 5.57. The number of rotatable bonds is 0. The lowest BCUT2D eigenvalue weighted by Crippen LogP contribution is -1.88. The van der Waals surface area contributed by atoms with Gasteiger partial charge < -0.3 is 0 Å². The van der Waals surface area contributed by atoms with Crippen LogP contribution in [0.4, 0.5) is 0 Å². The van der Waals surface area contributed by atoms with Gasteiger partial charge >= 0.3 is 0 Å². The zero-order valence-electron chi connectivity index (χ0n) is 6.78. The Kier molecular flexibility index (Phi) is 2.76.